The number of aryl methyl sites for hydroxylation is 1. The Morgan fingerprint density at radius 2 is 2.33 bits per heavy atom. The normalized spacial score (nSPS) is 13.7. The van der Waals surface area contributed by atoms with Gasteiger partial charge < -0.3 is 5.73 Å². The number of quaternary nitrogens is 1. The minimum atomic E-state index is -0.739. The van der Waals surface area contributed by atoms with Crippen molar-refractivity contribution >= 4 is 29.1 Å². The van der Waals surface area contributed by atoms with Crippen molar-refractivity contribution in [2.24, 2.45) is 5.29 Å². The summed E-state index contributed by atoms with van der Waals surface area (Å²) in [7, 11) is 1.34. The van der Waals surface area contributed by atoms with Crippen LogP contribution in [0.25, 0.3) is 0 Å². The molecule has 0 aliphatic heterocycles. The van der Waals surface area contributed by atoms with Crippen molar-refractivity contribution in [3.05, 3.63) is 16.9 Å². The third-order valence-corrected chi connectivity index (χ3v) is 2.49. The molecule has 0 aliphatic rings. The Hall–Kier alpha value is -1.80. The number of hydrogen-bond donors (Lipinski definition) is 2. The monoisotopic (exact) mass is 273 g/mol. The number of nitrogens with two attached hydrogens (primary N) is 1. The molecule has 1 unspecified atom stereocenters. The van der Waals surface area contributed by atoms with Crippen LogP contribution in [0, 0.1) is 11.8 Å². The molecule has 0 saturated carbocycles. The summed E-state index contributed by atoms with van der Waals surface area (Å²) in [5, 5.41) is 5.21. The van der Waals surface area contributed by atoms with Crippen LogP contribution in [0.2, 0.25) is 0 Å². The fraction of sp³-hybridized carbons (Fsp3) is 0.444. The lowest BCUT2D eigenvalue weighted by Gasteiger charge is -2.19. The van der Waals surface area contributed by atoms with E-state index in [1.54, 1.807) is 6.92 Å². The maximum Gasteiger partial charge on any atom is 0.450 e. The van der Waals surface area contributed by atoms with Crippen LogP contribution >= 0.6 is 11.6 Å². The Morgan fingerprint density at radius 3 is 2.83 bits per heavy atom. The number of aromatic nitrogens is 2. The first kappa shape index (κ1) is 14.3. The molecule has 9 heteroatoms. The van der Waals surface area contributed by atoms with E-state index in [0.717, 1.165) is 0 Å². The smallest absolute Gasteiger partial charge is 0.382 e. The first-order chi connectivity index (χ1) is 8.42. The summed E-state index contributed by atoms with van der Waals surface area (Å²) in [6.07, 6.45) is 1.37. The van der Waals surface area contributed by atoms with Gasteiger partial charge in [0.15, 0.2) is 11.1 Å². The van der Waals surface area contributed by atoms with Crippen LogP contribution in [-0.4, -0.2) is 40.1 Å². The van der Waals surface area contributed by atoms with Crippen LogP contribution in [0.15, 0.2) is 11.5 Å². The Bertz CT molecular complexity index is 468. The van der Waals surface area contributed by atoms with Gasteiger partial charge in [-0.3, -0.25) is 5.32 Å². The summed E-state index contributed by atoms with van der Waals surface area (Å²) in [4.78, 5) is 30.4. The average Bonchev–Trinajstić information content (AvgIpc) is 2.32. The van der Waals surface area contributed by atoms with Gasteiger partial charge >= 0.3 is 6.03 Å². The third kappa shape index (κ3) is 3.11. The SMILES string of the molecule is Cc1ncc(NC(=O)[N+](C)(CCCl)N=O)c(N)n1. The van der Waals surface area contributed by atoms with Crippen molar-refractivity contribution < 1.29 is 9.39 Å². The van der Waals surface area contributed by atoms with E-state index >= 15 is 0 Å². The van der Waals surface area contributed by atoms with Crippen LogP contribution in [-0.2, 0) is 0 Å². The Morgan fingerprint density at radius 1 is 1.67 bits per heavy atom. The van der Waals surface area contributed by atoms with E-state index in [1.165, 1.54) is 13.2 Å². The van der Waals surface area contributed by atoms with Crippen LogP contribution in [0.5, 0.6) is 0 Å². The number of carbonyl (C=O) groups is 1. The highest BCUT2D eigenvalue weighted by molar-refractivity contribution is 6.18. The van der Waals surface area contributed by atoms with E-state index in [-0.39, 0.29) is 23.9 Å². The number of urea groups is 1. The largest absolute Gasteiger partial charge is 0.450 e. The molecule has 1 rings (SSSR count). The molecule has 0 spiro atoms. The molecular weight excluding hydrogens is 260 g/mol. The third-order valence-electron chi connectivity index (χ3n) is 2.32. The maximum absolute atomic E-state index is 11.9. The molecule has 3 N–H and O–H groups in total. The highest BCUT2D eigenvalue weighted by atomic mass is 35.5. The highest BCUT2D eigenvalue weighted by Gasteiger charge is 2.34. The predicted molar refractivity (Wildman–Crippen MR) is 67.8 cm³/mol. The van der Waals surface area contributed by atoms with Gasteiger partial charge in [-0.1, -0.05) is 9.50 Å². The summed E-state index contributed by atoms with van der Waals surface area (Å²) < 4.78 is -0.739. The molecule has 0 fully saturated rings. The van der Waals surface area contributed by atoms with E-state index in [0.29, 0.717) is 5.82 Å². The van der Waals surface area contributed by atoms with Crippen LogP contribution in [0.1, 0.15) is 5.82 Å². The fourth-order valence-electron chi connectivity index (χ4n) is 1.16. The van der Waals surface area contributed by atoms with Gasteiger partial charge in [0.05, 0.1) is 12.1 Å². The molecule has 18 heavy (non-hydrogen) atoms. The molecule has 8 nitrogen and oxygen atoms in total. The van der Waals surface area contributed by atoms with E-state index in [1.807, 2.05) is 0 Å². The zero-order chi connectivity index (χ0) is 13.8. The quantitative estimate of drug-likeness (QED) is 0.371. The summed E-state index contributed by atoms with van der Waals surface area (Å²) in [6, 6.07) is -0.648. The van der Waals surface area contributed by atoms with Gasteiger partial charge in [0.2, 0.25) is 0 Å². The van der Waals surface area contributed by atoms with Crippen LogP contribution < -0.4 is 11.1 Å². The van der Waals surface area contributed by atoms with Crippen molar-refractivity contribution in [1.29, 1.82) is 0 Å². The standard InChI is InChI=1S/C9H13ClN6O2/c1-6-12-5-7(8(11)13-6)14-9(17)16(2,15-18)4-3-10/h5H,3-4H2,1-2H3,(H2-,11,12,13,14,17)/p+1. The molecule has 0 aromatic carbocycles. The van der Waals surface area contributed by atoms with Crippen molar-refractivity contribution in [2.75, 3.05) is 30.5 Å². The first-order valence-corrected chi connectivity index (χ1v) is 5.63. The molecule has 1 aromatic rings. The van der Waals surface area contributed by atoms with Gasteiger partial charge in [-0.05, 0) is 6.92 Å². The second-order valence-electron chi connectivity index (χ2n) is 3.78. The molecule has 1 aromatic heterocycles. The molecule has 1 atom stereocenters. The van der Waals surface area contributed by atoms with Gasteiger partial charge in [0.1, 0.15) is 25.1 Å². The number of nitroso groups, excluding NO2 is 1. The molecule has 98 valence electrons. The lowest BCUT2D eigenvalue weighted by Crippen LogP contribution is -2.48. The molecule has 0 radical (unpaired) electrons. The lowest BCUT2D eigenvalue weighted by molar-refractivity contribution is -0.833. The van der Waals surface area contributed by atoms with Crippen LogP contribution in [0.3, 0.4) is 0 Å². The Labute approximate surface area is 109 Å². The molecule has 0 bridgehead atoms. The molecule has 0 aliphatic carbocycles. The number of halogens is 1. The van der Waals surface area contributed by atoms with Crippen molar-refractivity contribution in [3.8, 4) is 0 Å². The lowest BCUT2D eigenvalue weighted by atomic mass is 10.4. The van der Waals surface area contributed by atoms with E-state index in [2.05, 4.69) is 20.6 Å². The number of alkyl halides is 1. The molecule has 0 saturated heterocycles. The number of hydrogen-bond acceptors (Lipinski definition) is 6. The number of amides is 2. The molecule has 1 heterocycles. The zero-order valence-electron chi connectivity index (χ0n) is 10.1. The number of nitrogens with zero attached hydrogens (tertiary/aromatic N) is 4. The zero-order valence-corrected chi connectivity index (χ0v) is 10.8. The van der Waals surface area contributed by atoms with Crippen molar-refractivity contribution in [2.45, 2.75) is 6.92 Å². The minimum absolute atomic E-state index is 0.0729. The van der Waals surface area contributed by atoms with E-state index < -0.39 is 10.6 Å². The summed E-state index contributed by atoms with van der Waals surface area (Å²) in [5.41, 5.74) is 5.85. The number of nitrogen functional groups attached to an aromatic ring is 1. The average molecular weight is 274 g/mol. The second kappa shape index (κ2) is 5.69. The molecular formula is C9H14ClN6O2+. The first-order valence-electron chi connectivity index (χ1n) is 5.10. The number of rotatable bonds is 4. The maximum atomic E-state index is 11.9. The van der Waals surface area contributed by atoms with Gasteiger partial charge in [-0.15, -0.1) is 11.6 Å². The van der Waals surface area contributed by atoms with Gasteiger partial charge in [-0.25, -0.2) is 14.8 Å². The molecule has 2 amide bonds. The van der Waals surface area contributed by atoms with E-state index in [4.69, 9.17) is 17.3 Å². The predicted octanol–water partition coefficient (Wildman–Crippen LogP) is 1.27. The fourth-order valence-corrected chi connectivity index (χ4v) is 1.49. The summed E-state index contributed by atoms with van der Waals surface area (Å²) >= 11 is 5.52. The minimum Gasteiger partial charge on any atom is -0.382 e. The van der Waals surface area contributed by atoms with Gasteiger partial charge in [0.25, 0.3) is 0 Å². The number of nitrogens with one attached hydrogen (secondary N) is 1. The van der Waals surface area contributed by atoms with E-state index in [9.17, 15) is 9.70 Å². The Kier molecular flexibility index (Phi) is 4.51. The second-order valence-corrected chi connectivity index (χ2v) is 4.16. The highest BCUT2D eigenvalue weighted by Crippen LogP contribution is 2.16. The number of carbonyl (C=O) groups excluding carboxylic acids is 1. The summed E-state index contributed by atoms with van der Waals surface area (Å²) in [6.45, 7) is 1.74. The van der Waals surface area contributed by atoms with Crippen molar-refractivity contribution in [1.82, 2.24) is 9.97 Å². The Balaban J connectivity index is 2.89. The summed E-state index contributed by atoms with van der Waals surface area (Å²) in [5.74, 6) is 0.728. The van der Waals surface area contributed by atoms with Gasteiger partial charge in [0, 0.05) is 0 Å². The van der Waals surface area contributed by atoms with Gasteiger partial charge in [-0.2, -0.15) is 0 Å². The van der Waals surface area contributed by atoms with Crippen LogP contribution in [0.4, 0.5) is 16.3 Å². The topological polar surface area (TPSA) is 110 Å². The van der Waals surface area contributed by atoms with Crippen molar-refractivity contribution in [3.63, 3.8) is 0 Å². The number of anilines is 2.